The lowest BCUT2D eigenvalue weighted by Gasteiger charge is -2.10. The minimum absolute atomic E-state index is 0.765. The first kappa shape index (κ1) is 16.5. The van der Waals surface area contributed by atoms with Gasteiger partial charge in [-0.05, 0) is 70.3 Å². The van der Waals surface area contributed by atoms with Gasteiger partial charge in [-0.3, -0.25) is 9.98 Å². The Morgan fingerprint density at radius 1 is 0.690 bits per heavy atom. The number of pyridine rings is 1. The van der Waals surface area contributed by atoms with Crippen LogP contribution in [0.3, 0.4) is 0 Å². The summed E-state index contributed by atoms with van der Waals surface area (Å²) < 4.78 is 11.4. The number of rotatable bonds is 3. The molecule has 0 fully saturated rings. The molecule has 1 aromatic heterocycles. The monoisotopic (exact) mass is 380 g/mol. The maximum atomic E-state index is 5.70. The van der Waals surface area contributed by atoms with E-state index in [0.717, 1.165) is 66.5 Å². The Bertz CT molecular complexity index is 1180. The van der Waals surface area contributed by atoms with Crippen molar-refractivity contribution in [1.29, 1.82) is 0 Å². The molecule has 0 bridgehead atoms. The van der Waals surface area contributed by atoms with Gasteiger partial charge in [0.25, 0.3) is 0 Å². The summed E-state index contributed by atoms with van der Waals surface area (Å²) in [7, 11) is 0. The Kier molecular flexibility index (Phi) is 3.76. The van der Waals surface area contributed by atoms with E-state index in [4.69, 9.17) is 14.5 Å². The summed E-state index contributed by atoms with van der Waals surface area (Å²) in [6.45, 7) is 1.54. The van der Waals surface area contributed by atoms with Gasteiger partial charge in [-0.2, -0.15) is 0 Å². The number of ether oxygens (including phenoxy) is 2. The van der Waals surface area contributed by atoms with E-state index in [1.54, 1.807) is 0 Å². The van der Waals surface area contributed by atoms with Crippen molar-refractivity contribution in [3.63, 3.8) is 0 Å². The standard InChI is InChI=1S/C25H20N2O2/c1-3-23-18(7-11-28-23)13-17(1)21-15-22(16-5-9-26-10-6-16)27-25(21)20-2-4-24-19(14-20)8-12-29-24/h1-6,9-10,13-14H,7-8,11-12,15H2. The van der Waals surface area contributed by atoms with Gasteiger partial charge in [0.2, 0.25) is 0 Å². The third-order valence-corrected chi connectivity index (χ3v) is 5.89. The molecule has 4 nitrogen and oxygen atoms in total. The van der Waals surface area contributed by atoms with Crippen molar-refractivity contribution >= 4 is 17.0 Å². The maximum absolute atomic E-state index is 5.70. The highest BCUT2D eigenvalue weighted by atomic mass is 16.5. The van der Waals surface area contributed by atoms with Crippen LogP contribution in [0.1, 0.15) is 34.2 Å². The van der Waals surface area contributed by atoms with Gasteiger partial charge in [0, 0.05) is 37.2 Å². The first-order valence-corrected chi connectivity index (χ1v) is 10.1. The number of aromatic nitrogens is 1. The molecule has 142 valence electrons. The molecule has 0 atom stereocenters. The Morgan fingerprint density at radius 2 is 1.34 bits per heavy atom. The van der Waals surface area contributed by atoms with Crippen molar-refractivity contribution in [3.8, 4) is 11.5 Å². The summed E-state index contributed by atoms with van der Waals surface area (Å²) >= 11 is 0. The second-order valence-electron chi connectivity index (χ2n) is 7.64. The van der Waals surface area contributed by atoms with E-state index in [9.17, 15) is 0 Å². The highest BCUT2D eigenvalue weighted by Gasteiger charge is 2.24. The third kappa shape index (κ3) is 2.83. The van der Waals surface area contributed by atoms with Crippen molar-refractivity contribution in [2.24, 2.45) is 4.99 Å². The lowest BCUT2D eigenvalue weighted by atomic mass is 9.94. The summed E-state index contributed by atoms with van der Waals surface area (Å²) in [5.74, 6) is 2.01. The molecule has 0 N–H and O–H groups in total. The minimum atomic E-state index is 0.765. The van der Waals surface area contributed by atoms with Crippen LogP contribution in [0.5, 0.6) is 11.5 Å². The topological polar surface area (TPSA) is 43.7 Å². The second kappa shape index (κ2) is 6.59. The fraction of sp³-hybridized carbons (Fsp3) is 0.200. The minimum Gasteiger partial charge on any atom is -0.493 e. The highest BCUT2D eigenvalue weighted by Crippen LogP contribution is 2.40. The molecule has 0 aliphatic carbocycles. The van der Waals surface area contributed by atoms with Crippen molar-refractivity contribution in [3.05, 3.63) is 88.7 Å². The van der Waals surface area contributed by atoms with Gasteiger partial charge < -0.3 is 9.47 Å². The van der Waals surface area contributed by atoms with E-state index in [0.29, 0.717) is 0 Å². The van der Waals surface area contributed by atoms with Crippen molar-refractivity contribution in [2.45, 2.75) is 19.3 Å². The normalized spacial score (nSPS) is 16.9. The quantitative estimate of drug-likeness (QED) is 0.661. The first-order chi connectivity index (χ1) is 14.3. The van der Waals surface area contributed by atoms with Crippen LogP contribution in [0, 0.1) is 0 Å². The molecule has 4 heteroatoms. The molecule has 0 spiro atoms. The third-order valence-electron chi connectivity index (χ3n) is 5.89. The van der Waals surface area contributed by atoms with Crippen LogP contribution in [0.4, 0.5) is 0 Å². The average Bonchev–Trinajstić information content (AvgIpc) is 3.52. The van der Waals surface area contributed by atoms with Crippen molar-refractivity contribution in [2.75, 3.05) is 13.2 Å². The maximum Gasteiger partial charge on any atom is 0.122 e. The molecule has 3 aromatic rings. The van der Waals surface area contributed by atoms with Crippen LogP contribution in [-0.4, -0.2) is 23.9 Å². The van der Waals surface area contributed by atoms with E-state index in [-0.39, 0.29) is 0 Å². The Labute approximate surface area is 169 Å². The summed E-state index contributed by atoms with van der Waals surface area (Å²) in [5.41, 5.74) is 9.49. The van der Waals surface area contributed by atoms with Gasteiger partial charge >= 0.3 is 0 Å². The van der Waals surface area contributed by atoms with E-state index in [2.05, 4.69) is 41.4 Å². The zero-order valence-electron chi connectivity index (χ0n) is 16.0. The van der Waals surface area contributed by atoms with E-state index >= 15 is 0 Å². The van der Waals surface area contributed by atoms with E-state index in [1.165, 1.54) is 22.3 Å². The predicted molar refractivity (Wildman–Crippen MR) is 113 cm³/mol. The molecular weight excluding hydrogens is 360 g/mol. The fourth-order valence-corrected chi connectivity index (χ4v) is 4.39. The molecule has 6 rings (SSSR count). The number of benzene rings is 2. The Morgan fingerprint density at radius 3 is 2.07 bits per heavy atom. The van der Waals surface area contributed by atoms with Crippen molar-refractivity contribution in [1.82, 2.24) is 4.98 Å². The first-order valence-electron chi connectivity index (χ1n) is 10.1. The highest BCUT2D eigenvalue weighted by molar-refractivity contribution is 6.16. The molecule has 3 aliphatic heterocycles. The van der Waals surface area contributed by atoms with Gasteiger partial charge in [0.1, 0.15) is 11.5 Å². The molecule has 29 heavy (non-hydrogen) atoms. The lowest BCUT2D eigenvalue weighted by Crippen LogP contribution is -1.98. The van der Waals surface area contributed by atoms with Crippen molar-refractivity contribution < 1.29 is 9.47 Å². The van der Waals surface area contributed by atoms with Crippen LogP contribution < -0.4 is 9.47 Å². The molecule has 0 amide bonds. The van der Waals surface area contributed by atoms with Gasteiger partial charge in [-0.15, -0.1) is 0 Å². The average molecular weight is 380 g/mol. The Balaban J connectivity index is 1.48. The number of allylic oxidation sites excluding steroid dienone is 1. The smallest absolute Gasteiger partial charge is 0.122 e. The molecule has 3 aliphatic rings. The summed E-state index contributed by atoms with van der Waals surface area (Å²) in [6, 6.07) is 17.1. The number of hydrogen-bond donors (Lipinski definition) is 0. The van der Waals surface area contributed by atoms with Gasteiger partial charge in [-0.25, -0.2) is 0 Å². The van der Waals surface area contributed by atoms with Crippen LogP contribution >= 0.6 is 0 Å². The molecule has 4 heterocycles. The second-order valence-corrected chi connectivity index (χ2v) is 7.64. The van der Waals surface area contributed by atoms with Gasteiger partial charge in [-0.1, -0.05) is 6.07 Å². The zero-order valence-corrected chi connectivity index (χ0v) is 16.0. The number of fused-ring (bicyclic) bond motifs is 2. The van der Waals surface area contributed by atoms with E-state index < -0.39 is 0 Å². The van der Waals surface area contributed by atoms with E-state index in [1.807, 2.05) is 24.5 Å². The van der Waals surface area contributed by atoms with Crippen LogP contribution in [-0.2, 0) is 12.8 Å². The fourth-order valence-electron chi connectivity index (χ4n) is 4.39. The van der Waals surface area contributed by atoms with Crippen LogP contribution in [0.2, 0.25) is 0 Å². The molecular formula is C25H20N2O2. The number of nitrogens with zero attached hydrogens (tertiary/aromatic N) is 2. The van der Waals surface area contributed by atoms with Gasteiger partial charge in [0.05, 0.1) is 24.6 Å². The van der Waals surface area contributed by atoms with Crippen LogP contribution in [0.15, 0.2) is 65.9 Å². The number of aliphatic imine (C=N–C) groups is 1. The molecule has 0 radical (unpaired) electrons. The summed E-state index contributed by atoms with van der Waals surface area (Å²) in [5, 5.41) is 0. The van der Waals surface area contributed by atoms with Crippen LogP contribution in [0.25, 0.3) is 11.3 Å². The van der Waals surface area contributed by atoms with Gasteiger partial charge in [0.15, 0.2) is 0 Å². The predicted octanol–water partition coefficient (Wildman–Crippen LogP) is 4.71. The molecule has 0 unspecified atom stereocenters. The SMILES string of the molecule is c1cc(C2=NC(c3ccc4c(c3)CCO4)=C(c3ccc4c(c3)CCO4)C2)ccn1. The molecule has 0 saturated carbocycles. The lowest BCUT2D eigenvalue weighted by molar-refractivity contribution is 0.356. The summed E-state index contributed by atoms with van der Waals surface area (Å²) in [4.78, 5) is 9.26. The molecule has 0 saturated heterocycles. The largest absolute Gasteiger partial charge is 0.493 e. The molecule has 2 aromatic carbocycles. The summed E-state index contributed by atoms with van der Waals surface area (Å²) in [6.07, 6.45) is 6.40. The zero-order chi connectivity index (χ0) is 19.2. The number of hydrogen-bond acceptors (Lipinski definition) is 4. The Hall–Kier alpha value is -3.40.